The van der Waals surface area contributed by atoms with Crippen molar-refractivity contribution in [3.05, 3.63) is 36.5 Å². The maximum Gasteiger partial charge on any atom is 0.222 e. The molecule has 4 rings (SSSR count). The highest BCUT2D eigenvalue weighted by molar-refractivity contribution is 5.92. The van der Waals surface area contributed by atoms with Crippen molar-refractivity contribution in [3.8, 4) is 0 Å². The Hall–Kier alpha value is -2.10. The molecule has 0 atom stereocenters. The number of aromatic nitrogens is 1. The van der Waals surface area contributed by atoms with E-state index in [4.69, 9.17) is 0 Å². The van der Waals surface area contributed by atoms with E-state index in [2.05, 4.69) is 45.1 Å². The number of anilines is 1. The molecule has 0 bridgehead atoms. The molecule has 2 aliphatic rings. The fourth-order valence-corrected chi connectivity index (χ4v) is 3.80. The van der Waals surface area contributed by atoms with Gasteiger partial charge in [0.15, 0.2) is 0 Å². The predicted octanol–water partition coefficient (Wildman–Crippen LogP) is 2.83. The van der Waals surface area contributed by atoms with E-state index in [1.807, 2.05) is 6.20 Å². The number of rotatable bonds is 2. The van der Waals surface area contributed by atoms with E-state index >= 15 is 0 Å². The molecule has 0 N–H and O–H groups in total. The summed E-state index contributed by atoms with van der Waals surface area (Å²) in [5.74, 6) is 1.44. The van der Waals surface area contributed by atoms with Gasteiger partial charge in [0, 0.05) is 43.7 Å². The second-order valence-corrected chi connectivity index (χ2v) is 6.26. The molecular weight excluding hydrogens is 274 g/mol. The van der Waals surface area contributed by atoms with Crippen LogP contribution in [-0.2, 0) is 4.79 Å². The van der Waals surface area contributed by atoms with Crippen molar-refractivity contribution in [2.24, 2.45) is 0 Å². The number of benzene rings is 1. The minimum absolute atomic E-state index is 0.349. The molecule has 114 valence electrons. The number of piperidine rings is 1. The van der Waals surface area contributed by atoms with Crippen molar-refractivity contribution >= 4 is 22.5 Å². The van der Waals surface area contributed by atoms with Gasteiger partial charge < -0.3 is 9.80 Å². The van der Waals surface area contributed by atoms with Gasteiger partial charge in [-0.15, -0.1) is 0 Å². The number of hydrogen-bond acceptors (Lipinski definition) is 3. The standard InChI is InChI=1S/C18H21N3O/c22-17-6-3-11-21(17)15-8-12-20(13-9-15)18-16-5-2-1-4-14(16)7-10-19-18/h1-2,4-5,7,10,15H,3,6,8-9,11-13H2. The third kappa shape index (κ3) is 2.32. The molecule has 1 aromatic carbocycles. The first-order valence-corrected chi connectivity index (χ1v) is 8.21. The summed E-state index contributed by atoms with van der Waals surface area (Å²) in [5, 5.41) is 2.46. The van der Waals surface area contributed by atoms with E-state index in [-0.39, 0.29) is 0 Å². The van der Waals surface area contributed by atoms with Crippen LogP contribution in [0.3, 0.4) is 0 Å². The third-order valence-corrected chi connectivity index (χ3v) is 4.97. The van der Waals surface area contributed by atoms with Gasteiger partial charge in [0.05, 0.1) is 0 Å². The minimum Gasteiger partial charge on any atom is -0.356 e. The number of nitrogens with zero attached hydrogens (tertiary/aromatic N) is 3. The summed E-state index contributed by atoms with van der Waals surface area (Å²) in [6.45, 7) is 2.92. The molecule has 22 heavy (non-hydrogen) atoms. The third-order valence-electron chi connectivity index (χ3n) is 4.97. The normalized spacial score (nSPS) is 20.1. The van der Waals surface area contributed by atoms with Gasteiger partial charge >= 0.3 is 0 Å². The van der Waals surface area contributed by atoms with Gasteiger partial charge in [0.2, 0.25) is 5.91 Å². The largest absolute Gasteiger partial charge is 0.356 e. The van der Waals surface area contributed by atoms with Crippen molar-refractivity contribution in [3.63, 3.8) is 0 Å². The lowest BCUT2D eigenvalue weighted by Crippen LogP contribution is -2.45. The van der Waals surface area contributed by atoms with Crippen molar-refractivity contribution in [1.29, 1.82) is 0 Å². The van der Waals surface area contributed by atoms with E-state index in [1.165, 1.54) is 10.8 Å². The van der Waals surface area contributed by atoms with Gasteiger partial charge in [-0.2, -0.15) is 0 Å². The number of hydrogen-bond donors (Lipinski definition) is 0. The van der Waals surface area contributed by atoms with Crippen LogP contribution in [-0.4, -0.2) is 41.5 Å². The molecule has 0 unspecified atom stereocenters. The van der Waals surface area contributed by atoms with Crippen LogP contribution in [0, 0.1) is 0 Å². The summed E-state index contributed by atoms with van der Waals surface area (Å²) in [6, 6.07) is 10.9. The molecule has 2 fully saturated rings. The molecule has 1 aromatic heterocycles. The molecule has 2 aliphatic heterocycles. The van der Waals surface area contributed by atoms with Gasteiger partial charge in [-0.25, -0.2) is 4.98 Å². The molecule has 0 spiro atoms. The molecule has 4 heteroatoms. The maximum absolute atomic E-state index is 11.9. The molecule has 0 radical (unpaired) electrons. The van der Waals surface area contributed by atoms with Crippen LogP contribution in [0.4, 0.5) is 5.82 Å². The number of amides is 1. The summed E-state index contributed by atoms with van der Waals surface area (Å²) in [5.41, 5.74) is 0. The van der Waals surface area contributed by atoms with E-state index in [1.54, 1.807) is 0 Å². The SMILES string of the molecule is O=C1CCCN1C1CCN(c2nccc3ccccc23)CC1. The first-order valence-electron chi connectivity index (χ1n) is 8.21. The van der Waals surface area contributed by atoms with Crippen molar-refractivity contribution in [2.75, 3.05) is 24.5 Å². The van der Waals surface area contributed by atoms with Crippen LogP contribution >= 0.6 is 0 Å². The zero-order chi connectivity index (χ0) is 14.9. The Morgan fingerprint density at radius 1 is 1.05 bits per heavy atom. The van der Waals surface area contributed by atoms with E-state index in [0.717, 1.165) is 51.1 Å². The number of likely N-dealkylation sites (tertiary alicyclic amines) is 1. The molecular formula is C18H21N3O. The average molecular weight is 295 g/mol. The van der Waals surface area contributed by atoms with Crippen LogP contribution in [0.15, 0.2) is 36.5 Å². The molecule has 2 aromatic rings. The molecule has 4 nitrogen and oxygen atoms in total. The zero-order valence-electron chi connectivity index (χ0n) is 12.7. The zero-order valence-corrected chi connectivity index (χ0v) is 12.7. The second kappa shape index (κ2) is 5.59. The van der Waals surface area contributed by atoms with Crippen LogP contribution in [0.25, 0.3) is 10.8 Å². The summed E-state index contributed by atoms with van der Waals surface area (Å²) in [6.07, 6.45) is 5.77. The van der Waals surface area contributed by atoms with E-state index < -0.39 is 0 Å². The summed E-state index contributed by atoms with van der Waals surface area (Å²) in [7, 11) is 0. The van der Waals surface area contributed by atoms with Gasteiger partial charge in [0.1, 0.15) is 5.82 Å². The Bertz CT molecular complexity index is 686. The Labute approximate surface area is 130 Å². The van der Waals surface area contributed by atoms with Crippen molar-refractivity contribution in [1.82, 2.24) is 9.88 Å². The Morgan fingerprint density at radius 2 is 1.86 bits per heavy atom. The highest BCUT2D eigenvalue weighted by Gasteiger charge is 2.31. The van der Waals surface area contributed by atoms with E-state index in [0.29, 0.717) is 11.9 Å². The summed E-state index contributed by atoms with van der Waals surface area (Å²) < 4.78 is 0. The molecule has 3 heterocycles. The smallest absolute Gasteiger partial charge is 0.222 e. The maximum atomic E-state index is 11.9. The number of fused-ring (bicyclic) bond motifs is 1. The molecule has 0 aliphatic carbocycles. The number of carbonyl (C=O) groups excluding carboxylic acids is 1. The van der Waals surface area contributed by atoms with Crippen molar-refractivity contribution in [2.45, 2.75) is 31.7 Å². The Morgan fingerprint density at radius 3 is 2.64 bits per heavy atom. The van der Waals surface area contributed by atoms with Crippen molar-refractivity contribution < 1.29 is 4.79 Å². The predicted molar refractivity (Wildman–Crippen MR) is 87.9 cm³/mol. The highest BCUT2D eigenvalue weighted by atomic mass is 16.2. The quantitative estimate of drug-likeness (QED) is 0.855. The first kappa shape index (κ1) is 13.6. The van der Waals surface area contributed by atoms with Crippen LogP contribution < -0.4 is 4.90 Å². The highest BCUT2D eigenvalue weighted by Crippen LogP contribution is 2.28. The van der Waals surface area contributed by atoms with Gasteiger partial charge in [-0.3, -0.25) is 4.79 Å². The fraction of sp³-hybridized carbons (Fsp3) is 0.444. The number of carbonyl (C=O) groups is 1. The van der Waals surface area contributed by atoms with Crippen LogP contribution in [0.2, 0.25) is 0 Å². The first-order chi connectivity index (χ1) is 10.8. The summed E-state index contributed by atoms with van der Waals surface area (Å²) in [4.78, 5) is 21.0. The lowest BCUT2D eigenvalue weighted by atomic mass is 10.0. The average Bonchev–Trinajstić information content (AvgIpc) is 3.01. The van der Waals surface area contributed by atoms with Gasteiger partial charge in [-0.1, -0.05) is 24.3 Å². The Balaban J connectivity index is 1.52. The lowest BCUT2D eigenvalue weighted by molar-refractivity contribution is -0.130. The Kier molecular flexibility index (Phi) is 3.45. The monoisotopic (exact) mass is 295 g/mol. The van der Waals surface area contributed by atoms with Crippen LogP contribution in [0.5, 0.6) is 0 Å². The minimum atomic E-state index is 0.349. The lowest BCUT2D eigenvalue weighted by Gasteiger charge is -2.37. The van der Waals surface area contributed by atoms with E-state index in [9.17, 15) is 4.79 Å². The molecule has 1 amide bonds. The topological polar surface area (TPSA) is 36.4 Å². The molecule has 2 saturated heterocycles. The fourth-order valence-electron chi connectivity index (χ4n) is 3.80. The van der Waals surface area contributed by atoms with Gasteiger partial charge in [-0.05, 0) is 30.7 Å². The second-order valence-electron chi connectivity index (χ2n) is 6.26. The van der Waals surface area contributed by atoms with Crippen LogP contribution in [0.1, 0.15) is 25.7 Å². The summed E-state index contributed by atoms with van der Waals surface area (Å²) >= 11 is 0. The molecule has 0 saturated carbocycles. The van der Waals surface area contributed by atoms with Gasteiger partial charge in [0.25, 0.3) is 0 Å². The number of pyridine rings is 1.